The Morgan fingerprint density at radius 1 is 1.17 bits per heavy atom. The van der Waals surface area contributed by atoms with Crippen molar-refractivity contribution in [2.75, 3.05) is 0 Å². The average molecular weight is 425 g/mol. The summed E-state index contributed by atoms with van der Waals surface area (Å²) in [5.41, 5.74) is 1.14. The fourth-order valence-corrected chi connectivity index (χ4v) is 5.22. The lowest BCUT2D eigenvalue weighted by Gasteiger charge is -2.36. The molecule has 0 N–H and O–H groups in total. The van der Waals surface area contributed by atoms with Gasteiger partial charge in [-0.05, 0) is 48.6 Å². The molecule has 5 nitrogen and oxygen atoms in total. The van der Waals surface area contributed by atoms with Crippen molar-refractivity contribution >= 4 is 27.5 Å². The van der Waals surface area contributed by atoms with Crippen molar-refractivity contribution in [1.82, 2.24) is 9.55 Å². The smallest absolute Gasteiger partial charge is 0.326 e. The number of rotatable bonds is 4. The molecule has 3 aromatic rings. The Kier molecular flexibility index (Phi) is 5.78. The Hall–Kier alpha value is -2.47. The number of benzene rings is 1. The van der Waals surface area contributed by atoms with Gasteiger partial charge in [0.05, 0.1) is 11.7 Å². The number of carbonyl (C=O) groups excluding carboxylic acids is 1. The first-order valence-electron chi connectivity index (χ1n) is 10.5. The van der Waals surface area contributed by atoms with Crippen molar-refractivity contribution in [3.05, 3.63) is 53.1 Å². The lowest BCUT2D eigenvalue weighted by Crippen LogP contribution is -2.32. The highest BCUT2D eigenvalue weighted by atomic mass is 32.1. The first kappa shape index (κ1) is 20.8. The van der Waals surface area contributed by atoms with Crippen molar-refractivity contribution in [2.24, 2.45) is 11.3 Å². The third-order valence-corrected chi connectivity index (χ3v) is 7.17. The predicted molar refractivity (Wildman–Crippen MR) is 121 cm³/mol. The molecule has 158 valence electrons. The number of carbonyl (C=O) groups is 1. The van der Waals surface area contributed by atoms with Gasteiger partial charge in [-0.15, -0.1) is 11.3 Å². The predicted octanol–water partition coefficient (Wildman–Crippen LogP) is 5.27. The van der Waals surface area contributed by atoms with Crippen LogP contribution in [0.5, 0.6) is 0 Å². The molecule has 1 aliphatic carbocycles. The topological polar surface area (TPSA) is 61.2 Å². The molecule has 0 amide bonds. The zero-order valence-electron chi connectivity index (χ0n) is 17.8. The minimum absolute atomic E-state index is 0.0469. The maximum Gasteiger partial charge on any atom is 0.326 e. The molecule has 0 aliphatic heterocycles. The van der Waals surface area contributed by atoms with Gasteiger partial charge in [0.2, 0.25) is 0 Å². The summed E-state index contributed by atoms with van der Waals surface area (Å²) in [7, 11) is 0. The summed E-state index contributed by atoms with van der Waals surface area (Å²) in [5, 5.41) is 0.542. The molecule has 2 aromatic heterocycles. The van der Waals surface area contributed by atoms with Crippen LogP contribution in [0.15, 0.2) is 47.5 Å². The molecule has 0 bridgehead atoms. The SMILES string of the molecule is CC(C)(C)C1CCC(OC(=O)Cn2cnc3sc(-c4ccccc4)cc3c2=O)CC1. The standard InChI is InChI=1S/C24H28N2O3S/c1-24(2,3)17-9-11-18(12-10-17)29-21(27)14-26-15-25-22-19(23(26)28)13-20(30-22)16-7-5-4-6-8-16/h4-8,13,15,17-18H,9-12,14H2,1-3H3. The molecule has 0 saturated heterocycles. The Morgan fingerprint density at radius 3 is 2.53 bits per heavy atom. The third-order valence-electron chi connectivity index (χ3n) is 6.07. The van der Waals surface area contributed by atoms with E-state index in [2.05, 4.69) is 25.8 Å². The van der Waals surface area contributed by atoms with E-state index >= 15 is 0 Å². The number of hydrogen-bond acceptors (Lipinski definition) is 5. The Bertz CT molecular complexity index is 1090. The average Bonchev–Trinajstić information content (AvgIpc) is 3.16. The van der Waals surface area contributed by atoms with Crippen LogP contribution < -0.4 is 5.56 Å². The molecule has 1 aromatic carbocycles. The van der Waals surface area contributed by atoms with E-state index in [0.717, 1.165) is 36.1 Å². The highest BCUT2D eigenvalue weighted by molar-refractivity contribution is 7.21. The van der Waals surface area contributed by atoms with Crippen LogP contribution in [0.25, 0.3) is 20.7 Å². The number of thiophene rings is 1. The van der Waals surface area contributed by atoms with Crippen LogP contribution in [-0.2, 0) is 16.1 Å². The Labute approximate surface area is 180 Å². The zero-order valence-corrected chi connectivity index (χ0v) is 18.6. The van der Waals surface area contributed by atoms with Gasteiger partial charge in [0.1, 0.15) is 17.5 Å². The van der Waals surface area contributed by atoms with E-state index in [1.54, 1.807) is 0 Å². The molecule has 0 unspecified atom stereocenters. The molecule has 4 rings (SSSR count). The van der Waals surface area contributed by atoms with E-state index < -0.39 is 0 Å². The molecular formula is C24H28N2O3S. The second-order valence-electron chi connectivity index (χ2n) is 9.20. The van der Waals surface area contributed by atoms with Gasteiger partial charge >= 0.3 is 5.97 Å². The minimum Gasteiger partial charge on any atom is -0.461 e. The number of nitrogens with zero attached hydrogens (tertiary/aromatic N) is 2. The third kappa shape index (κ3) is 4.48. The Morgan fingerprint density at radius 2 is 1.87 bits per heavy atom. The van der Waals surface area contributed by atoms with E-state index in [1.807, 2.05) is 36.4 Å². The maximum absolute atomic E-state index is 12.9. The summed E-state index contributed by atoms with van der Waals surface area (Å²) in [5.74, 6) is 0.301. The van der Waals surface area contributed by atoms with Gasteiger partial charge in [0.15, 0.2) is 0 Å². The van der Waals surface area contributed by atoms with Crippen LogP contribution in [0, 0.1) is 11.3 Å². The highest BCUT2D eigenvalue weighted by Crippen LogP contribution is 2.38. The molecule has 1 aliphatic rings. The van der Waals surface area contributed by atoms with Gasteiger partial charge < -0.3 is 4.74 Å². The number of aromatic nitrogens is 2. The highest BCUT2D eigenvalue weighted by Gasteiger charge is 2.31. The fourth-order valence-electron chi connectivity index (χ4n) is 4.23. The summed E-state index contributed by atoms with van der Waals surface area (Å²) in [6, 6.07) is 11.8. The van der Waals surface area contributed by atoms with Gasteiger partial charge in [-0.3, -0.25) is 14.2 Å². The number of esters is 1. The summed E-state index contributed by atoms with van der Waals surface area (Å²) in [6.07, 6.45) is 5.34. The van der Waals surface area contributed by atoms with Crippen molar-refractivity contribution in [3.8, 4) is 10.4 Å². The summed E-state index contributed by atoms with van der Waals surface area (Å²) in [6.45, 7) is 6.71. The molecule has 0 spiro atoms. The molecule has 2 heterocycles. The first-order chi connectivity index (χ1) is 14.3. The van der Waals surface area contributed by atoms with Crippen molar-refractivity contribution < 1.29 is 9.53 Å². The van der Waals surface area contributed by atoms with Crippen molar-refractivity contribution in [1.29, 1.82) is 0 Å². The van der Waals surface area contributed by atoms with E-state index in [9.17, 15) is 9.59 Å². The molecule has 30 heavy (non-hydrogen) atoms. The number of hydrogen-bond donors (Lipinski definition) is 0. The molecule has 0 radical (unpaired) electrons. The molecule has 1 fully saturated rings. The second-order valence-corrected chi connectivity index (χ2v) is 10.2. The van der Waals surface area contributed by atoms with E-state index in [4.69, 9.17) is 4.74 Å². The quantitative estimate of drug-likeness (QED) is 0.535. The maximum atomic E-state index is 12.9. The van der Waals surface area contributed by atoms with Crippen LogP contribution in [0.2, 0.25) is 0 Å². The van der Waals surface area contributed by atoms with Crippen molar-refractivity contribution in [2.45, 2.75) is 59.1 Å². The first-order valence-corrected chi connectivity index (χ1v) is 11.4. The van der Waals surface area contributed by atoms with Crippen molar-refractivity contribution in [3.63, 3.8) is 0 Å². The van der Waals surface area contributed by atoms with Crippen LogP contribution in [0.1, 0.15) is 46.5 Å². The van der Waals surface area contributed by atoms with E-state index in [-0.39, 0.29) is 24.2 Å². The zero-order chi connectivity index (χ0) is 21.3. The monoisotopic (exact) mass is 424 g/mol. The summed E-state index contributed by atoms with van der Waals surface area (Å²) < 4.78 is 7.03. The van der Waals surface area contributed by atoms with Gasteiger partial charge in [-0.25, -0.2) is 4.98 Å². The van der Waals surface area contributed by atoms with E-state index in [1.165, 1.54) is 22.2 Å². The molecule has 1 saturated carbocycles. The second kappa shape index (κ2) is 8.34. The van der Waals surface area contributed by atoms with Gasteiger partial charge in [-0.1, -0.05) is 51.1 Å². The lowest BCUT2D eigenvalue weighted by atomic mass is 9.72. The Balaban J connectivity index is 1.43. The van der Waals surface area contributed by atoms with Gasteiger partial charge in [0.25, 0.3) is 5.56 Å². The minimum atomic E-state index is -0.365. The van der Waals surface area contributed by atoms with Gasteiger partial charge in [0, 0.05) is 4.88 Å². The lowest BCUT2D eigenvalue weighted by molar-refractivity contribution is -0.152. The normalized spacial score (nSPS) is 19.7. The number of fused-ring (bicyclic) bond motifs is 1. The van der Waals surface area contributed by atoms with Crippen LogP contribution in [0.4, 0.5) is 0 Å². The van der Waals surface area contributed by atoms with Crippen LogP contribution in [0.3, 0.4) is 0 Å². The largest absolute Gasteiger partial charge is 0.461 e. The number of ether oxygens (including phenoxy) is 1. The molecule has 0 atom stereocenters. The molecule has 6 heteroatoms. The summed E-state index contributed by atoms with van der Waals surface area (Å²) >= 11 is 1.48. The van der Waals surface area contributed by atoms with E-state index in [0.29, 0.717) is 21.5 Å². The fraction of sp³-hybridized carbons (Fsp3) is 0.458. The van der Waals surface area contributed by atoms with Crippen LogP contribution in [-0.4, -0.2) is 21.6 Å². The van der Waals surface area contributed by atoms with Crippen LogP contribution >= 0.6 is 11.3 Å². The van der Waals surface area contributed by atoms with Gasteiger partial charge in [-0.2, -0.15) is 0 Å². The molecular weight excluding hydrogens is 396 g/mol. The summed E-state index contributed by atoms with van der Waals surface area (Å²) in [4.78, 5) is 31.4.